The summed E-state index contributed by atoms with van der Waals surface area (Å²) in [5.74, 6) is -1.82. The number of hydrogen-bond acceptors (Lipinski definition) is 10. The number of aromatic amines is 3. The maximum atomic E-state index is 12.6. The second kappa shape index (κ2) is 18.1. The second-order valence-corrected chi connectivity index (χ2v) is 16.1. The maximum absolute atomic E-state index is 12.6. The molecule has 2 aliphatic heterocycles. The number of benzene rings is 4. The highest BCUT2D eigenvalue weighted by atomic mass is 16.5. The van der Waals surface area contributed by atoms with Gasteiger partial charge in [-0.1, -0.05) is 48.5 Å². The largest absolute Gasteiger partial charge is 0.465 e. The predicted octanol–water partition coefficient (Wildman–Crippen LogP) is 11.5. The molecule has 13 heteroatoms. The smallest absolute Gasteiger partial charge is 0.337 e. The van der Waals surface area contributed by atoms with E-state index in [1.165, 1.54) is 28.4 Å². The van der Waals surface area contributed by atoms with Gasteiger partial charge in [0.15, 0.2) is 0 Å². The number of aromatic nitrogens is 5. The third kappa shape index (κ3) is 8.18. The molecule has 6 heterocycles. The monoisotopic (exact) mass is 911 g/mol. The number of hydrogen-bond donors (Lipinski definition) is 3. The Labute approximate surface area is 394 Å². The van der Waals surface area contributed by atoms with Crippen LogP contribution in [0.15, 0.2) is 133 Å². The fourth-order valence-corrected chi connectivity index (χ4v) is 8.69. The summed E-state index contributed by atoms with van der Waals surface area (Å²) in [6.07, 6.45) is 7.83. The molecule has 0 radical (unpaired) electrons. The molecule has 338 valence electrons. The van der Waals surface area contributed by atoms with E-state index >= 15 is 0 Å². The van der Waals surface area contributed by atoms with Gasteiger partial charge in [-0.05, 0) is 131 Å². The van der Waals surface area contributed by atoms with Crippen molar-refractivity contribution in [3.05, 3.63) is 178 Å². The van der Waals surface area contributed by atoms with Crippen LogP contribution >= 0.6 is 0 Å². The van der Waals surface area contributed by atoms with E-state index in [1.807, 2.05) is 109 Å². The third-order valence-electron chi connectivity index (χ3n) is 12.1. The maximum Gasteiger partial charge on any atom is 0.337 e. The fraction of sp³-hybridized carbons (Fsp3) is 0.0714. The highest BCUT2D eigenvalue weighted by Gasteiger charge is 2.20. The molecule has 0 spiro atoms. The molecule has 10 rings (SSSR count). The van der Waals surface area contributed by atoms with Crippen LogP contribution in [0.5, 0.6) is 0 Å². The number of carbonyl (C=O) groups is 4. The van der Waals surface area contributed by atoms with Crippen LogP contribution in [0.2, 0.25) is 0 Å². The van der Waals surface area contributed by atoms with Crippen LogP contribution in [0.3, 0.4) is 0 Å². The van der Waals surface area contributed by atoms with Crippen LogP contribution in [-0.2, 0) is 18.9 Å². The molecule has 4 aromatic heterocycles. The van der Waals surface area contributed by atoms with Crippen molar-refractivity contribution in [2.24, 2.45) is 0 Å². The number of nitrogens with zero attached hydrogens (tertiary/aromatic N) is 2. The first-order valence-corrected chi connectivity index (χ1v) is 21.7. The molecule has 0 atom stereocenters. The molecule has 0 amide bonds. The highest BCUT2D eigenvalue weighted by Crippen LogP contribution is 2.38. The van der Waals surface area contributed by atoms with Gasteiger partial charge >= 0.3 is 23.9 Å². The van der Waals surface area contributed by atoms with Gasteiger partial charge in [0, 0.05) is 44.3 Å². The molecule has 13 nitrogen and oxygen atoms in total. The molecular formula is C56H41N5O8. The van der Waals surface area contributed by atoms with Gasteiger partial charge in [-0.3, -0.25) is 0 Å². The Balaban J connectivity index is 1.33. The van der Waals surface area contributed by atoms with Crippen molar-refractivity contribution in [2.75, 3.05) is 28.4 Å². The first-order valence-electron chi connectivity index (χ1n) is 21.7. The Morgan fingerprint density at radius 2 is 0.507 bits per heavy atom. The van der Waals surface area contributed by atoms with Crippen molar-refractivity contribution in [3.63, 3.8) is 0 Å². The van der Waals surface area contributed by atoms with Gasteiger partial charge < -0.3 is 33.9 Å². The lowest BCUT2D eigenvalue weighted by molar-refractivity contribution is 0.0592. The molecular weight excluding hydrogens is 871 g/mol. The Kier molecular flexibility index (Phi) is 11.4. The summed E-state index contributed by atoms with van der Waals surface area (Å²) in [5.41, 5.74) is 14.9. The van der Waals surface area contributed by atoms with E-state index in [9.17, 15) is 19.2 Å². The Morgan fingerprint density at radius 3 is 0.725 bits per heavy atom. The van der Waals surface area contributed by atoms with E-state index in [1.54, 1.807) is 48.5 Å². The van der Waals surface area contributed by atoms with Gasteiger partial charge in [-0.25, -0.2) is 29.1 Å². The highest BCUT2D eigenvalue weighted by molar-refractivity contribution is 6.01. The number of rotatable bonds is 8. The van der Waals surface area contributed by atoms with E-state index in [0.717, 1.165) is 77.6 Å². The van der Waals surface area contributed by atoms with Crippen molar-refractivity contribution in [2.45, 2.75) is 0 Å². The van der Waals surface area contributed by atoms with Gasteiger partial charge in [-0.2, -0.15) is 0 Å². The average molecular weight is 912 g/mol. The van der Waals surface area contributed by atoms with Gasteiger partial charge in [0.1, 0.15) is 0 Å². The molecule has 4 aromatic carbocycles. The van der Waals surface area contributed by atoms with Crippen molar-refractivity contribution >= 4 is 81.3 Å². The topological polar surface area (TPSA) is 178 Å². The van der Waals surface area contributed by atoms with Gasteiger partial charge in [-0.15, -0.1) is 0 Å². The predicted molar refractivity (Wildman–Crippen MR) is 267 cm³/mol. The third-order valence-corrected chi connectivity index (χ3v) is 12.1. The minimum absolute atomic E-state index is 0.392. The zero-order valence-electron chi connectivity index (χ0n) is 37.7. The first kappa shape index (κ1) is 43.5. The Morgan fingerprint density at radius 1 is 0.304 bits per heavy atom. The number of fused-ring (bicyclic) bond motifs is 11. The average Bonchev–Trinajstić information content (AvgIpc) is 4.27. The molecule has 10 bridgehead atoms. The zero-order valence-corrected chi connectivity index (χ0v) is 37.7. The number of nitrogens with one attached hydrogen (secondary N) is 3. The first-order chi connectivity index (χ1) is 33.6. The van der Waals surface area contributed by atoms with E-state index in [2.05, 4.69) is 15.0 Å². The summed E-state index contributed by atoms with van der Waals surface area (Å²) in [6.45, 7) is 0. The molecule has 0 aliphatic carbocycles. The second-order valence-electron chi connectivity index (χ2n) is 16.1. The van der Waals surface area contributed by atoms with Gasteiger partial charge in [0.2, 0.25) is 0 Å². The number of ether oxygens (including phenoxy) is 4. The summed E-state index contributed by atoms with van der Waals surface area (Å²) in [6, 6.07) is 40.6. The van der Waals surface area contributed by atoms with Crippen molar-refractivity contribution < 1.29 is 38.1 Å². The lowest BCUT2D eigenvalue weighted by atomic mass is 10.0. The summed E-state index contributed by atoms with van der Waals surface area (Å²) in [4.78, 5) is 71.8. The number of methoxy groups -OCH3 is 4. The molecule has 0 saturated carbocycles. The molecule has 3 N–H and O–H groups in total. The van der Waals surface area contributed by atoms with Gasteiger partial charge in [0.25, 0.3) is 0 Å². The quantitative estimate of drug-likeness (QED) is 0.0981. The Bertz CT molecular complexity index is 3410. The standard InChI is InChI=1S/C56H41N5O8/c1-66-53(62)35-13-5-31(6-14-35)49-41-23-21-39(57-41)40-22-24-42(58-40)50(32-7-15-36(16-8-32)54(63)67-2)44-26-28-46(60-44)52(34-11-19-38(20-12-34)56(65)69-4)48-30-29-47(61-48)51(45-27-25-43(49)59-45)33-9-17-37(18-10-33)55(64)68-3/h5-30,57-58,61H,1-4H3. The summed E-state index contributed by atoms with van der Waals surface area (Å²) >= 11 is 0. The minimum Gasteiger partial charge on any atom is -0.465 e. The summed E-state index contributed by atoms with van der Waals surface area (Å²) < 4.78 is 20.0. The number of carbonyl (C=O) groups excluding carboxylic acids is 4. The lowest BCUT2D eigenvalue weighted by Gasteiger charge is -2.07. The number of esters is 4. The minimum atomic E-state index is -0.459. The fourth-order valence-electron chi connectivity index (χ4n) is 8.69. The van der Waals surface area contributed by atoms with E-state index in [0.29, 0.717) is 45.0 Å². The SMILES string of the molecule is COC(=O)c1ccc(-c2c3nc(c(-c4ccc(C(=O)OC)cc4)c4ccc([nH]4)c4ccc([nH]4)c(-c4ccc(C(=O)OC)cc4)c4nc(c(-c5ccc(C(=O)OC)cc5)c5ccc2[nH]5)C=C4)C=C3)cc1. The van der Waals surface area contributed by atoms with Gasteiger partial charge in [0.05, 0.1) is 84.5 Å². The normalized spacial score (nSPS) is 11.6. The lowest BCUT2D eigenvalue weighted by Crippen LogP contribution is -2.00. The van der Waals surface area contributed by atoms with Crippen LogP contribution in [0.4, 0.5) is 0 Å². The van der Waals surface area contributed by atoms with Crippen LogP contribution < -0.4 is 0 Å². The molecule has 8 aromatic rings. The molecule has 69 heavy (non-hydrogen) atoms. The van der Waals surface area contributed by atoms with Crippen LogP contribution in [-0.4, -0.2) is 77.2 Å². The summed E-state index contributed by atoms with van der Waals surface area (Å²) in [5, 5.41) is 0. The summed E-state index contributed by atoms with van der Waals surface area (Å²) in [7, 11) is 5.39. The van der Waals surface area contributed by atoms with E-state index < -0.39 is 23.9 Å². The van der Waals surface area contributed by atoms with Crippen molar-refractivity contribution in [1.29, 1.82) is 0 Å². The van der Waals surface area contributed by atoms with E-state index in [-0.39, 0.29) is 0 Å². The van der Waals surface area contributed by atoms with Crippen LogP contribution in [0.1, 0.15) is 64.2 Å². The van der Waals surface area contributed by atoms with E-state index in [4.69, 9.17) is 28.9 Å². The zero-order chi connectivity index (χ0) is 47.8. The van der Waals surface area contributed by atoms with Crippen molar-refractivity contribution in [3.8, 4) is 44.5 Å². The number of H-pyrrole nitrogens is 3. The van der Waals surface area contributed by atoms with Crippen LogP contribution in [0, 0.1) is 0 Å². The van der Waals surface area contributed by atoms with Crippen LogP contribution in [0.25, 0.3) is 102 Å². The molecule has 0 fully saturated rings. The van der Waals surface area contributed by atoms with Crippen molar-refractivity contribution in [1.82, 2.24) is 24.9 Å². The molecule has 2 aliphatic rings. The molecule has 0 saturated heterocycles. The Hall–Kier alpha value is -9.36. The molecule has 0 unspecified atom stereocenters.